The zero-order chi connectivity index (χ0) is 10.9. The molecule has 1 atom stereocenters. The number of hydrogen-bond acceptors (Lipinski definition) is 3. The second-order valence-corrected chi connectivity index (χ2v) is 5.52. The molecule has 0 bridgehead atoms. The highest BCUT2D eigenvalue weighted by Crippen LogP contribution is 2.47. The maximum Gasteiger partial charge on any atom is 0.0692 e. The zero-order valence-corrected chi connectivity index (χ0v) is 9.67. The van der Waals surface area contributed by atoms with E-state index in [0.29, 0.717) is 6.54 Å². The van der Waals surface area contributed by atoms with E-state index in [1.807, 2.05) is 6.92 Å². The van der Waals surface area contributed by atoms with Crippen LogP contribution in [0.25, 0.3) is 0 Å². The van der Waals surface area contributed by atoms with E-state index >= 15 is 0 Å². The third kappa shape index (κ3) is 2.19. The smallest absolute Gasteiger partial charge is 0.0692 e. The monoisotopic (exact) mass is 213 g/mol. The van der Waals surface area contributed by atoms with Gasteiger partial charge in [0.25, 0.3) is 0 Å². The maximum atomic E-state index is 10.7. The van der Waals surface area contributed by atoms with Crippen molar-refractivity contribution in [1.82, 2.24) is 0 Å². The Balaban J connectivity index is 2.07. The van der Waals surface area contributed by atoms with Gasteiger partial charge in [0.05, 0.1) is 5.60 Å². The summed E-state index contributed by atoms with van der Waals surface area (Å²) in [5.41, 5.74) is 5.20. The Morgan fingerprint density at radius 2 is 2.00 bits per heavy atom. The molecule has 2 rings (SSSR count). The van der Waals surface area contributed by atoms with Crippen LogP contribution in [0.2, 0.25) is 0 Å². The molecule has 0 spiro atoms. The van der Waals surface area contributed by atoms with Gasteiger partial charge in [0.15, 0.2) is 0 Å². The van der Waals surface area contributed by atoms with Crippen LogP contribution < -0.4 is 5.73 Å². The van der Waals surface area contributed by atoms with Crippen LogP contribution in [-0.2, 0) is 4.74 Å². The largest absolute Gasteiger partial charge is 0.390 e. The van der Waals surface area contributed by atoms with Gasteiger partial charge in [0.2, 0.25) is 0 Å². The molecule has 1 aliphatic carbocycles. The van der Waals surface area contributed by atoms with Gasteiger partial charge >= 0.3 is 0 Å². The molecular formula is C12H23NO2. The SMILES string of the molecule is CC(O)(CC1CC1)C1(CN)CCOCC1. The van der Waals surface area contributed by atoms with Crippen LogP contribution in [0, 0.1) is 11.3 Å². The molecule has 15 heavy (non-hydrogen) atoms. The molecule has 0 aromatic heterocycles. The fourth-order valence-corrected chi connectivity index (χ4v) is 2.83. The standard InChI is InChI=1S/C12H23NO2/c1-11(14,8-10-2-3-10)12(9-13)4-6-15-7-5-12/h10,14H,2-9,13H2,1H3. The van der Waals surface area contributed by atoms with Gasteiger partial charge < -0.3 is 15.6 Å². The normalized spacial score (nSPS) is 29.8. The van der Waals surface area contributed by atoms with Crippen molar-refractivity contribution in [2.45, 2.75) is 44.6 Å². The van der Waals surface area contributed by atoms with Crippen molar-refractivity contribution in [2.24, 2.45) is 17.1 Å². The predicted molar refractivity (Wildman–Crippen MR) is 59.5 cm³/mol. The van der Waals surface area contributed by atoms with E-state index in [-0.39, 0.29) is 5.41 Å². The summed E-state index contributed by atoms with van der Waals surface area (Å²) in [5.74, 6) is 0.742. The molecule has 3 nitrogen and oxygen atoms in total. The molecule has 1 unspecified atom stereocenters. The first-order valence-electron chi connectivity index (χ1n) is 6.10. The Morgan fingerprint density at radius 3 is 2.47 bits per heavy atom. The van der Waals surface area contributed by atoms with Crippen LogP contribution in [0.1, 0.15) is 39.0 Å². The Kier molecular flexibility index (Phi) is 3.06. The van der Waals surface area contributed by atoms with E-state index in [0.717, 1.165) is 38.4 Å². The first-order valence-corrected chi connectivity index (χ1v) is 6.10. The third-order valence-corrected chi connectivity index (χ3v) is 4.37. The molecule has 0 radical (unpaired) electrons. The molecule has 1 aliphatic heterocycles. The summed E-state index contributed by atoms with van der Waals surface area (Å²) in [5, 5.41) is 10.7. The fraction of sp³-hybridized carbons (Fsp3) is 1.00. The molecule has 3 N–H and O–H groups in total. The van der Waals surface area contributed by atoms with Crippen molar-refractivity contribution in [1.29, 1.82) is 0 Å². The molecule has 2 fully saturated rings. The zero-order valence-electron chi connectivity index (χ0n) is 9.67. The Bertz CT molecular complexity index is 218. The van der Waals surface area contributed by atoms with Gasteiger partial charge in [0, 0.05) is 25.2 Å². The number of hydrogen-bond donors (Lipinski definition) is 2. The van der Waals surface area contributed by atoms with Crippen molar-refractivity contribution < 1.29 is 9.84 Å². The van der Waals surface area contributed by atoms with Gasteiger partial charge in [-0.15, -0.1) is 0 Å². The summed E-state index contributed by atoms with van der Waals surface area (Å²) >= 11 is 0. The van der Waals surface area contributed by atoms with E-state index in [1.54, 1.807) is 0 Å². The summed E-state index contributed by atoms with van der Waals surface area (Å²) < 4.78 is 5.38. The topological polar surface area (TPSA) is 55.5 Å². The molecule has 3 heteroatoms. The van der Waals surface area contributed by atoms with Crippen molar-refractivity contribution in [3.05, 3.63) is 0 Å². The van der Waals surface area contributed by atoms with Gasteiger partial charge in [-0.1, -0.05) is 12.8 Å². The number of nitrogens with two attached hydrogens (primary N) is 1. The number of aliphatic hydroxyl groups is 1. The van der Waals surface area contributed by atoms with E-state index < -0.39 is 5.60 Å². The molecule has 88 valence electrons. The molecule has 1 saturated heterocycles. The molecule has 2 aliphatic rings. The van der Waals surface area contributed by atoms with Crippen LogP contribution >= 0.6 is 0 Å². The maximum absolute atomic E-state index is 10.7. The minimum atomic E-state index is -0.604. The number of ether oxygens (including phenoxy) is 1. The van der Waals surface area contributed by atoms with Crippen molar-refractivity contribution in [2.75, 3.05) is 19.8 Å². The van der Waals surface area contributed by atoms with Crippen LogP contribution in [0.5, 0.6) is 0 Å². The number of rotatable bonds is 4. The molecule has 1 saturated carbocycles. The van der Waals surface area contributed by atoms with E-state index in [1.165, 1.54) is 12.8 Å². The Labute approximate surface area is 92.0 Å². The summed E-state index contributed by atoms with van der Waals surface area (Å²) in [6, 6.07) is 0. The van der Waals surface area contributed by atoms with Crippen LogP contribution in [0.15, 0.2) is 0 Å². The first-order chi connectivity index (χ1) is 7.10. The van der Waals surface area contributed by atoms with Gasteiger partial charge in [-0.05, 0) is 32.1 Å². The highest BCUT2D eigenvalue weighted by atomic mass is 16.5. The van der Waals surface area contributed by atoms with Crippen LogP contribution in [0.3, 0.4) is 0 Å². The second kappa shape index (κ2) is 4.04. The summed E-state index contributed by atoms with van der Waals surface area (Å²) in [4.78, 5) is 0. The third-order valence-electron chi connectivity index (χ3n) is 4.37. The lowest BCUT2D eigenvalue weighted by atomic mass is 9.65. The highest BCUT2D eigenvalue weighted by molar-refractivity contribution is 5.00. The van der Waals surface area contributed by atoms with Crippen molar-refractivity contribution in [3.63, 3.8) is 0 Å². The quantitative estimate of drug-likeness (QED) is 0.740. The van der Waals surface area contributed by atoms with E-state index in [4.69, 9.17) is 10.5 Å². The van der Waals surface area contributed by atoms with Gasteiger partial charge in [-0.3, -0.25) is 0 Å². The highest BCUT2D eigenvalue weighted by Gasteiger charge is 2.48. The van der Waals surface area contributed by atoms with E-state index in [9.17, 15) is 5.11 Å². The average molecular weight is 213 g/mol. The summed E-state index contributed by atoms with van der Waals surface area (Å²) in [6.45, 7) is 4.05. The lowest BCUT2D eigenvalue weighted by Crippen LogP contribution is -2.53. The van der Waals surface area contributed by atoms with Gasteiger partial charge in [0.1, 0.15) is 0 Å². The van der Waals surface area contributed by atoms with E-state index in [2.05, 4.69) is 0 Å². The second-order valence-electron chi connectivity index (χ2n) is 5.52. The molecule has 0 aromatic carbocycles. The van der Waals surface area contributed by atoms with Crippen molar-refractivity contribution in [3.8, 4) is 0 Å². The molecular weight excluding hydrogens is 190 g/mol. The molecule has 0 aromatic rings. The fourth-order valence-electron chi connectivity index (χ4n) is 2.83. The minimum Gasteiger partial charge on any atom is -0.390 e. The molecule has 0 amide bonds. The Morgan fingerprint density at radius 1 is 1.40 bits per heavy atom. The summed E-state index contributed by atoms with van der Waals surface area (Å²) in [6.07, 6.45) is 5.30. The lowest BCUT2D eigenvalue weighted by molar-refractivity contribution is -0.124. The van der Waals surface area contributed by atoms with Gasteiger partial charge in [-0.25, -0.2) is 0 Å². The van der Waals surface area contributed by atoms with Crippen LogP contribution in [0.4, 0.5) is 0 Å². The van der Waals surface area contributed by atoms with Crippen molar-refractivity contribution >= 4 is 0 Å². The average Bonchev–Trinajstić information content (AvgIpc) is 3.02. The summed E-state index contributed by atoms with van der Waals surface area (Å²) in [7, 11) is 0. The molecule has 1 heterocycles. The first kappa shape index (κ1) is 11.4. The van der Waals surface area contributed by atoms with Gasteiger partial charge in [-0.2, -0.15) is 0 Å². The predicted octanol–water partition coefficient (Wildman–Crippen LogP) is 1.29. The lowest BCUT2D eigenvalue weighted by Gasteiger charge is -2.47. The Hall–Kier alpha value is -0.120. The van der Waals surface area contributed by atoms with Crippen LogP contribution in [-0.4, -0.2) is 30.5 Å². The minimum absolute atomic E-state index is 0.103.